The first kappa shape index (κ1) is 15.8. The van der Waals surface area contributed by atoms with Crippen molar-refractivity contribution in [3.63, 3.8) is 0 Å². The van der Waals surface area contributed by atoms with Gasteiger partial charge in [0.1, 0.15) is 17.2 Å². The van der Waals surface area contributed by atoms with Crippen LogP contribution in [-0.4, -0.2) is 39.6 Å². The summed E-state index contributed by atoms with van der Waals surface area (Å²) < 4.78 is 21.1. The number of aryl methyl sites for hydroxylation is 1. The number of likely N-dealkylation sites (tertiary alicyclic amines) is 1. The molecule has 0 N–H and O–H groups in total. The smallest absolute Gasteiger partial charge is 0.272 e. The lowest BCUT2D eigenvalue weighted by Gasteiger charge is -2.38. The van der Waals surface area contributed by atoms with Crippen molar-refractivity contribution in [2.45, 2.75) is 12.7 Å². The predicted molar refractivity (Wildman–Crippen MR) is 91.6 cm³/mol. The number of hydrogen-bond acceptors (Lipinski definition) is 3. The van der Waals surface area contributed by atoms with E-state index in [2.05, 4.69) is 4.98 Å². The van der Waals surface area contributed by atoms with E-state index in [1.54, 1.807) is 29.2 Å². The lowest BCUT2D eigenvalue weighted by atomic mass is 10.1. The van der Waals surface area contributed by atoms with E-state index < -0.39 is 0 Å². The fraction of sp³-hybridized carbons (Fsp3) is 0.263. The minimum Gasteiger partial charge on any atom is -0.370 e. The molecule has 25 heavy (non-hydrogen) atoms. The van der Waals surface area contributed by atoms with E-state index in [0.29, 0.717) is 24.3 Å². The molecule has 0 saturated carbocycles. The molecule has 1 aliphatic rings. The summed E-state index contributed by atoms with van der Waals surface area (Å²) in [6, 6.07) is 12.2. The Morgan fingerprint density at radius 1 is 1.24 bits per heavy atom. The van der Waals surface area contributed by atoms with Crippen molar-refractivity contribution in [1.29, 1.82) is 0 Å². The van der Waals surface area contributed by atoms with Crippen LogP contribution < -0.4 is 0 Å². The Kier molecular flexibility index (Phi) is 3.97. The van der Waals surface area contributed by atoms with E-state index in [9.17, 15) is 9.18 Å². The number of carbonyl (C=O) groups excluding carboxylic acids is 1. The van der Waals surface area contributed by atoms with Crippen molar-refractivity contribution in [2.75, 3.05) is 13.1 Å². The molecule has 0 unspecified atom stereocenters. The van der Waals surface area contributed by atoms with Crippen molar-refractivity contribution in [3.8, 4) is 0 Å². The number of rotatable bonds is 4. The van der Waals surface area contributed by atoms with E-state index in [1.807, 2.05) is 29.9 Å². The zero-order valence-electron chi connectivity index (χ0n) is 13.9. The fourth-order valence-electron chi connectivity index (χ4n) is 2.95. The van der Waals surface area contributed by atoms with Gasteiger partial charge in [-0.2, -0.15) is 0 Å². The van der Waals surface area contributed by atoms with E-state index in [4.69, 9.17) is 4.74 Å². The summed E-state index contributed by atoms with van der Waals surface area (Å²) in [5.74, 6) is -0.372. The largest absolute Gasteiger partial charge is 0.370 e. The first-order chi connectivity index (χ1) is 12.1. The van der Waals surface area contributed by atoms with Crippen LogP contribution in [0.5, 0.6) is 0 Å². The van der Waals surface area contributed by atoms with Crippen LogP contribution in [0.15, 0.2) is 48.7 Å². The van der Waals surface area contributed by atoms with Gasteiger partial charge >= 0.3 is 0 Å². The molecule has 3 aromatic rings. The number of benzene rings is 1. The number of amides is 1. The summed E-state index contributed by atoms with van der Waals surface area (Å²) in [5.41, 5.74) is 1.75. The Labute approximate surface area is 144 Å². The maximum Gasteiger partial charge on any atom is 0.272 e. The first-order valence-electron chi connectivity index (χ1n) is 8.18. The molecule has 1 amide bonds. The molecule has 128 valence electrons. The molecule has 0 radical (unpaired) electrons. The van der Waals surface area contributed by atoms with Gasteiger partial charge in [-0.1, -0.05) is 18.2 Å². The average Bonchev–Trinajstić information content (AvgIpc) is 2.95. The SMILES string of the molecule is Cn1ccc2ccc(C(=O)N3CC(OCc4ccccc4F)C3)nc21. The Morgan fingerprint density at radius 3 is 2.84 bits per heavy atom. The van der Waals surface area contributed by atoms with Crippen LogP contribution in [0, 0.1) is 5.82 Å². The topological polar surface area (TPSA) is 47.4 Å². The maximum absolute atomic E-state index is 13.6. The lowest BCUT2D eigenvalue weighted by Crippen LogP contribution is -2.54. The van der Waals surface area contributed by atoms with Gasteiger partial charge in [0.2, 0.25) is 0 Å². The Hall–Kier alpha value is -2.73. The summed E-state index contributed by atoms with van der Waals surface area (Å²) in [4.78, 5) is 18.7. The summed E-state index contributed by atoms with van der Waals surface area (Å²) in [7, 11) is 1.90. The number of ether oxygens (including phenoxy) is 1. The highest BCUT2D eigenvalue weighted by Crippen LogP contribution is 2.19. The first-order valence-corrected chi connectivity index (χ1v) is 8.18. The van der Waals surface area contributed by atoms with E-state index in [-0.39, 0.29) is 24.4 Å². The van der Waals surface area contributed by atoms with Crippen LogP contribution in [0.4, 0.5) is 4.39 Å². The van der Waals surface area contributed by atoms with Crippen molar-refractivity contribution < 1.29 is 13.9 Å². The molecule has 0 atom stereocenters. The summed E-state index contributed by atoms with van der Waals surface area (Å²) >= 11 is 0. The van der Waals surface area contributed by atoms with Gasteiger partial charge in [-0.05, 0) is 24.3 Å². The highest BCUT2D eigenvalue weighted by atomic mass is 19.1. The second kappa shape index (κ2) is 6.29. The molecule has 1 fully saturated rings. The number of hydrogen-bond donors (Lipinski definition) is 0. The molecule has 0 spiro atoms. The van der Waals surface area contributed by atoms with Crippen LogP contribution in [0.3, 0.4) is 0 Å². The van der Waals surface area contributed by atoms with Crippen LogP contribution in [0.2, 0.25) is 0 Å². The van der Waals surface area contributed by atoms with Crippen molar-refractivity contribution >= 4 is 16.9 Å². The lowest BCUT2D eigenvalue weighted by molar-refractivity contribution is -0.0511. The molecule has 1 aromatic carbocycles. The predicted octanol–water partition coefficient (Wildman–Crippen LogP) is 2.75. The Bertz CT molecular complexity index is 931. The molecular weight excluding hydrogens is 321 g/mol. The minimum atomic E-state index is -0.269. The van der Waals surface area contributed by atoms with Gasteiger partial charge in [-0.3, -0.25) is 4.79 Å². The van der Waals surface area contributed by atoms with Gasteiger partial charge in [-0.15, -0.1) is 0 Å². The zero-order chi connectivity index (χ0) is 17.4. The molecule has 4 rings (SSSR count). The molecule has 0 bridgehead atoms. The van der Waals surface area contributed by atoms with Crippen LogP contribution in [0.1, 0.15) is 16.1 Å². The molecule has 3 heterocycles. The maximum atomic E-state index is 13.6. The zero-order valence-corrected chi connectivity index (χ0v) is 13.9. The Balaban J connectivity index is 1.35. The van der Waals surface area contributed by atoms with Gasteiger partial charge in [0.25, 0.3) is 5.91 Å². The number of fused-ring (bicyclic) bond motifs is 1. The number of aromatic nitrogens is 2. The van der Waals surface area contributed by atoms with Gasteiger partial charge in [0, 0.05) is 37.3 Å². The molecular formula is C19H18FN3O2. The van der Waals surface area contributed by atoms with E-state index >= 15 is 0 Å². The minimum absolute atomic E-state index is 0.0673. The van der Waals surface area contributed by atoms with Crippen molar-refractivity contribution in [1.82, 2.24) is 14.5 Å². The third kappa shape index (κ3) is 3.00. The summed E-state index contributed by atoms with van der Waals surface area (Å²) in [5, 5.41) is 1.01. The molecule has 6 heteroatoms. The fourth-order valence-corrected chi connectivity index (χ4v) is 2.95. The molecule has 5 nitrogen and oxygen atoms in total. The van der Waals surface area contributed by atoms with Crippen LogP contribution >= 0.6 is 0 Å². The Morgan fingerprint density at radius 2 is 2.04 bits per heavy atom. The van der Waals surface area contributed by atoms with Gasteiger partial charge in [-0.25, -0.2) is 9.37 Å². The standard InChI is InChI=1S/C19H18FN3O2/c1-22-9-8-13-6-7-17(21-18(13)22)19(24)23-10-15(11-23)25-12-14-4-2-3-5-16(14)20/h2-9,15H,10-12H2,1H3. The monoisotopic (exact) mass is 339 g/mol. The highest BCUT2D eigenvalue weighted by molar-refractivity contribution is 5.95. The van der Waals surface area contributed by atoms with Crippen molar-refractivity contribution in [3.05, 3.63) is 65.7 Å². The molecule has 1 aliphatic heterocycles. The third-order valence-corrected chi connectivity index (χ3v) is 4.50. The number of nitrogens with zero attached hydrogens (tertiary/aromatic N) is 3. The van der Waals surface area contributed by atoms with E-state index in [1.165, 1.54) is 6.07 Å². The van der Waals surface area contributed by atoms with E-state index in [0.717, 1.165) is 11.0 Å². The number of halogens is 1. The highest BCUT2D eigenvalue weighted by Gasteiger charge is 2.32. The average molecular weight is 339 g/mol. The molecule has 1 saturated heterocycles. The second-order valence-corrected chi connectivity index (χ2v) is 6.27. The van der Waals surface area contributed by atoms with Gasteiger partial charge in [0.15, 0.2) is 0 Å². The number of carbonyl (C=O) groups is 1. The molecule has 2 aromatic heterocycles. The number of pyridine rings is 1. The normalized spacial score (nSPS) is 14.7. The summed E-state index contributed by atoms with van der Waals surface area (Å²) in [6.45, 7) is 1.22. The second-order valence-electron chi connectivity index (χ2n) is 6.27. The van der Waals surface area contributed by atoms with Crippen LogP contribution in [0.25, 0.3) is 11.0 Å². The third-order valence-electron chi connectivity index (χ3n) is 4.50. The van der Waals surface area contributed by atoms with Gasteiger partial charge < -0.3 is 14.2 Å². The summed E-state index contributed by atoms with van der Waals surface area (Å²) in [6.07, 6.45) is 1.85. The van der Waals surface area contributed by atoms with Crippen molar-refractivity contribution in [2.24, 2.45) is 7.05 Å². The van der Waals surface area contributed by atoms with Crippen LogP contribution in [-0.2, 0) is 18.4 Å². The van der Waals surface area contributed by atoms with Gasteiger partial charge in [0.05, 0.1) is 12.7 Å². The molecule has 0 aliphatic carbocycles. The quantitative estimate of drug-likeness (QED) is 0.734.